The smallest absolute Gasteiger partial charge is 0.221 e. The molecule has 2 heterocycles. The minimum absolute atomic E-state index is 0.109. The van der Waals surface area contributed by atoms with Crippen LogP contribution in [0, 0.1) is 5.82 Å². The van der Waals surface area contributed by atoms with Gasteiger partial charge in [-0.25, -0.2) is 9.37 Å². The van der Waals surface area contributed by atoms with E-state index in [1.807, 2.05) is 42.5 Å². The summed E-state index contributed by atoms with van der Waals surface area (Å²) in [5.41, 5.74) is 2.69. The number of benzene rings is 2. The topological polar surface area (TPSA) is 68.0 Å². The van der Waals surface area contributed by atoms with Crippen LogP contribution in [0.3, 0.4) is 0 Å². The van der Waals surface area contributed by atoms with E-state index in [4.69, 9.17) is 4.42 Å². The molecule has 0 radical (unpaired) electrons. The number of aromatic nitrogens is 2. The van der Waals surface area contributed by atoms with Crippen LogP contribution in [0.2, 0.25) is 0 Å². The first-order chi connectivity index (χ1) is 14.7. The average Bonchev–Trinajstić information content (AvgIpc) is 3.27. The van der Waals surface area contributed by atoms with Crippen molar-refractivity contribution >= 4 is 5.91 Å². The highest BCUT2D eigenvalue weighted by molar-refractivity contribution is 5.77. The molecule has 1 amide bonds. The molecule has 4 rings (SSSR count). The second-order valence-electron chi connectivity index (χ2n) is 6.82. The average molecular weight is 401 g/mol. The monoisotopic (exact) mass is 401 g/mol. The molecule has 2 aromatic carbocycles. The molecule has 0 aliphatic carbocycles. The fourth-order valence-electron chi connectivity index (χ4n) is 3.19. The van der Waals surface area contributed by atoms with Crippen LogP contribution in [-0.4, -0.2) is 15.9 Å². The van der Waals surface area contributed by atoms with Gasteiger partial charge in [0.15, 0.2) is 11.7 Å². The highest BCUT2D eigenvalue weighted by Crippen LogP contribution is 2.23. The first kappa shape index (κ1) is 19.5. The summed E-state index contributed by atoms with van der Waals surface area (Å²) in [7, 11) is 0. The SMILES string of the molecule is O=C(CCc1ncc(-c2ccc(F)cc2)o1)NC(c1ccccc1)c1ccncc1. The molecule has 0 bridgehead atoms. The molecule has 6 heteroatoms. The number of halogens is 1. The highest BCUT2D eigenvalue weighted by atomic mass is 19.1. The number of pyridine rings is 1. The van der Waals surface area contributed by atoms with Gasteiger partial charge >= 0.3 is 0 Å². The Labute approximate surface area is 173 Å². The number of hydrogen-bond donors (Lipinski definition) is 1. The van der Waals surface area contributed by atoms with Crippen LogP contribution in [0.4, 0.5) is 4.39 Å². The summed E-state index contributed by atoms with van der Waals surface area (Å²) >= 11 is 0. The lowest BCUT2D eigenvalue weighted by molar-refractivity contribution is -0.121. The van der Waals surface area contributed by atoms with Crippen LogP contribution in [-0.2, 0) is 11.2 Å². The van der Waals surface area contributed by atoms with Crippen molar-refractivity contribution in [2.75, 3.05) is 0 Å². The molecule has 1 unspecified atom stereocenters. The van der Waals surface area contributed by atoms with Gasteiger partial charge in [-0.2, -0.15) is 0 Å². The van der Waals surface area contributed by atoms with E-state index in [0.29, 0.717) is 18.1 Å². The van der Waals surface area contributed by atoms with E-state index in [1.165, 1.54) is 12.1 Å². The van der Waals surface area contributed by atoms with E-state index in [9.17, 15) is 9.18 Å². The van der Waals surface area contributed by atoms with Gasteiger partial charge in [-0.05, 0) is 47.5 Å². The summed E-state index contributed by atoms with van der Waals surface area (Å²) in [6.07, 6.45) is 5.61. The molecular weight excluding hydrogens is 381 g/mol. The molecule has 2 aromatic heterocycles. The number of nitrogens with one attached hydrogen (secondary N) is 1. The van der Waals surface area contributed by atoms with Gasteiger partial charge in [0.2, 0.25) is 5.91 Å². The Balaban J connectivity index is 1.41. The first-order valence-corrected chi connectivity index (χ1v) is 9.64. The van der Waals surface area contributed by atoms with Gasteiger partial charge in [0.25, 0.3) is 0 Å². The van der Waals surface area contributed by atoms with Crippen LogP contribution in [0.25, 0.3) is 11.3 Å². The third kappa shape index (κ3) is 4.78. The predicted molar refractivity (Wildman–Crippen MR) is 111 cm³/mol. The maximum Gasteiger partial charge on any atom is 0.221 e. The van der Waals surface area contributed by atoms with E-state index >= 15 is 0 Å². The summed E-state index contributed by atoms with van der Waals surface area (Å²) in [5, 5.41) is 3.09. The molecule has 4 aromatic rings. The second kappa shape index (κ2) is 9.13. The predicted octanol–water partition coefficient (Wildman–Crippen LogP) is 4.71. The van der Waals surface area contributed by atoms with E-state index in [0.717, 1.165) is 16.7 Å². The Morgan fingerprint density at radius 3 is 2.40 bits per heavy atom. The highest BCUT2D eigenvalue weighted by Gasteiger charge is 2.17. The molecule has 0 aliphatic heterocycles. The summed E-state index contributed by atoms with van der Waals surface area (Å²) in [4.78, 5) is 20.9. The Bertz CT molecular complexity index is 1060. The first-order valence-electron chi connectivity index (χ1n) is 9.64. The zero-order chi connectivity index (χ0) is 20.8. The molecule has 0 saturated carbocycles. The van der Waals surface area contributed by atoms with E-state index in [1.54, 1.807) is 30.7 Å². The largest absolute Gasteiger partial charge is 0.441 e. The van der Waals surface area contributed by atoms with Crippen molar-refractivity contribution in [1.82, 2.24) is 15.3 Å². The number of aryl methyl sites for hydroxylation is 1. The van der Waals surface area contributed by atoms with Gasteiger partial charge in [-0.15, -0.1) is 0 Å². The molecule has 5 nitrogen and oxygen atoms in total. The second-order valence-corrected chi connectivity index (χ2v) is 6.82. The minimum atomic E-state index is -0.308. The molecule has 0 saturated heterocycles. The van der Waals surface area contributed by atoms with Crippen LogP contribution >= 0.6 is 0 Å². The fraction of sp³-hybridized carbons (Fsp3) is 0.125. The van der Waals surface area contributed by atoms with Crippen molar-refractivity contribution in [3.05, 3.63) is 108 Å². The Kier molecular flexibility index (Phi) is 5.94. The van der Waals surface area contributed by atoms with Gasteiger partial charge in [-0.3, -0.25) is 9.78 Å². The molecule has 150 valence electrons. The lowest BCUT2D eigenvalue weighted by Crippen LogP contribution is -2.29. The molecule has 1 N–H and O–H groups in total. The normalized spacial score (nSPS) is 11.8. The number of hydrogen-bond acceptors (Lipinski definition) is 4. The summed E-state index contributed by atoms with van der Waals surface area (Å²) < 4.78 is 18.8. The Morgan fingerprint density at radius 1 is 0.967 bits per heavy atom. The molecular formula is C24H20FN3O2. The maximum absolute atomic E-state index is 13.1. The van der Waals surface area contributed by atoms with Gasteiger partial charge in [0.1, 0.15) is 5.82 Å². The van der Waals surface area contributed by atoms with Crippen molar-refractivity contribution in [3.8, 4) is 11.3 Å². The van der Waals surface area contributed by atoms with Crippen molar-refractivity contribution in [1.29, 1.82) is 0 Å². The van der Waals surface area contributed by atoms with Gasteiger partial charge in [-0.1, -0.05) is 30.3 Å². The van der Waals surface area contributed by atoms with Crippen molar-refractivity contribution in [2.24, 2.45) is 0 Å². The summed E-state index contributed by atoms with van der Waals surface area (Å²) in [5.74, 6) is 0.591. The van der Waals surface area contributed by atoms with Crippen molar-refractivity contribution < 1.29 is 13.6 Å². The fourth-order valence-corrected chi connectivity index (χ4v) is 3.19. The lowest BCUT2D eigenvalue weighted by atomic mass is 9.99. The molecule has 1 atom stereocenters. The van der Waals surface area contributed by atoms with Crippen molar-refractivity contribution in [2.45, 2.75) is 18.9 Å². The standard InChI is InChI=1S/C24H20FN3O2/c25-20-8-6-17(7-9-20)21-16-27-23(30-21)11-10-22(29)28-24(18-4-2-1-3-5-18)19-12-14-26-15-13-19/h1-9,12-16,24H,10-11H2,(H,28,29). The van der Waals surface area contributed by atoms with Crippen molar-refractivity contribution in [3.63, 3.8) is 0 Å². The zero-order valence-corrected chi connectivity index (χ0v) is 16.2. The zero-order valence-electron chi connectivity index (χ0n) is 16.2. The van der Waals surface area contributed by atoms with E-state index < -0.39 is 0 Å². The summed E-state index contributed by atoms with van der Waals surface area (Å²) in [6.45, 7) is 0. The molecule has 0 fully saturated rings. The number of oxazole rings is 1. The van der Waals surface area contributed by atoms with Crippen LogP contribution in [0.1, 0.15) is 29.5 Å². The third-order valence-corrected chi connectivity index (χ3v) is 4.73. The van der Waals surface area contributed by atoms with E-state index in [-0.39, 0.29) is 24.2 Å². The number of carbonyl (C=O) groups is 1. The molecule has 0 spiro atoms. The summed E-state index contributed by atoms with van der Waals surface area (Å²) in [6, 6.07) is 19.3. The quantitative estimate of drug-likeness (QED) is 0.487. The Hall–Kier alpha value is -3.80. The maximum atomic E-state index is 13.1. The lowest BCUT2D eigenvalue weighted by Gasteiger charge is -2.19. The number of carbonyl (C=O) groups excluding carboxylic acids is 1. The Morgan fingerprint density at radius 2 is 1.67 bits per heavy atom. The number of nitrogens with zero attached hydrogens (tertiary/aromatic N) is 2. The van der Waals surface area contributed by atoms with Crippen LogP contribution in [0.5, 0.6) is 0 Å². The van der Waals surface area contributed by atoms with Gasteiger partial charge < -0.3 is 9.73 Å². The number of amides is 1. The van der Waals surface area contributed by atoms with Gasteiger partial charge in [0, 0.05) is 30.8 Å². The third-order valence-electron chi connectivity index (χ3n) is 4.73. The van der Waals surface area contributed by atoms with Crippen LogP contribution < -0.4 is 5.32 Å². The number of rotatable bonds is 7. The molecule has 0 aliphatic rings. The van der Waals surface area contributed by atoms with Gasteiger partial charge in [0.05, 0.1) is 12.2 Å². The molecule has 30 heavy (non-hydrogen) atoms. The van der Waals surface area contributed by atoms with E-state index in [2.05, 4.69) is 15.3 Å². The van der Waals surface area contributed by atoms with Crippen LogP contribution in [0.15, 0.2) is 89.7 Å². The minimum Gasteiger partial charge on any atom is -0.441 e.